The van der Waals surface area contributed by atoms with Crippen molar-refractivity contribution in [2.45, 2.75) is 25.3 Å². The molecule has 0 radical (unpaired) electrons. The Morgan fingerprint density at radius 1 is 1.67 bits per heavy atom. The summed E-state index contributed by atoms with van der Waals surface area (Å²) < 4.78 is 0. The second-order valence-corrected chi connectivity index (χ2v) is 4.74. The van der Waals surface area contributed by atoms with Crippen molar-refractivity contribution in [1.29, 1.82) is 0 Å². The molecule has 1 saturated heterocycles. The van der Waals surface area contributed by atoms with E-state index in [9.17, 15) is 4.79 Å². The van der Waals surface area contributed by atoms with E-state index in [4.69, 9.17) is 5.11 Å². The van der Waals surface area contributed by atoms with Gasteiger partial charge in [-0.05, 0) is 31.3 Å². The van der Waals surface area contributed by atoms with E-state index in [1.54, 1.807) is 16.7 Å². The third-order valence-corrected chi connectivity index (χ3v) is 3.35. The van der Waals surface area contributed by atoms with Gasteiger partial charge in [-0.15, -0.1) is 0 Å². The lowest BCUT2D eigenvalue weighted by molar-refractivity contribution is 0.157. The Bertz CT molecular complexity index is 202. The second-order valence-electron chi connectivity index (χ2n) is 3.75. The van der Waals surface area contributed by atoms with E-state index >= 15 is 0 Å². The van der Waals surface area contributed by atoms with Gasteiger partial charge in [0.2, 0.25) is 0 Å². The minimum absolute atomic E-state index is 0.0207. The molecule has 1 aliphatic heterocycles. The number of urea groups is 1. The Morgan fingerprint density at radius 2 is 2.47 bits per heavy atom. The summed E-state index contributed by atoms with van der Waals surface area (Å²) in [6.07, 6.45) is 4.99. The molecule has 1 atom stereocenters. The molecule has 1 rings (SSSR count). The molecule has 0 aliphatic carbocycles. The summed E-state index contributed by atoms with van der Waals surface area (Å²) in [5, 5.41) is 12.0. The quantitative estimate of drug-likeness (QED) is 0.693. The monoisotopic (exact) mass is 232 g/mol. The zero-order valence-corrected chi connectivity index (χ0v) is 10.1. The zero-order valence-electron chi connectivity index (χ0n) is 9.24. The van der Waals surface area contributed by atoms with E-state index in [2.05, 4.69) is 11.6 Å². The van der Waals surface area contributed by atoms with Crippen molar-refractivity contribution in [1.82, 2.24) is 10.2 Å². The Kier molecular flexibility index (Phi) is 5.86. The minimum Gasteiger partial charge on any atom is -0.394 e. The number of nitrogens with one attached hydrogen (secondary N) is 1. The zero-order chi connectivity index (χ0) is 11.1. The predicted molar refractivity (Wildman–Crippen MR) is 63.2 cm³/mol. The molecule has 0 aromatic heterocycles. The number of hydrogen-bond donors (Lipinski definition) is 2. The molecule has 0 bridgehead atoms. The molecule has 88 valence electrons. The van der Waals surface area contributed by atoms with Gasteiger partial charge in [0.25, 0.3) is 0 Å². The van der Waals surface area contributed by atoms with Crippen LogP contribution >= 0.6 is 11.8 Å². The van der Waals surface area contributed by atoms with Crippen LogP contribution in [0, 0.1) is 0 Å². The van der Waals surface area contributed by atoms with Crippen molar-refractivity contribution < 1.29 is 9.90 Å². The van der Waals surface area contributed by atoms with E-state index in [1.165, 1.54) is 0 Å². The first-order valence-electron chi connectivity index (χ1n) is 5.44. The lowest BCUT2D eigenvalue weighted by Gasteiger charge is -2.23. The number of nitrogens with zero attached hydrogens (tertiary/aromatic N) is 1. The molecule has 0 saturated carbocycles. The first-order valence-corrected chi connectivity index (χ1v) is 6.83. The largest absolute Gasteiger partial charge is 0.394 e. The standard InChI is InChI=1S/C10H20N2O2S/c1-15-7-3-5-11-10(14)12-6-2-4-9(12)8-13/h9,13H,2-8H2,1H3,(H,11,14). The lowest BCUT2D eigenvalue weighted by atomic mass is 10.2. The Morgan fingerprint density at radius 3 is 3.13 bits per heavy atom. The van der Waals surface area contributed by atoms with Crippen LogP contribution < -0.4 is 5.32 Å². The van der Waals surface area contributed by atoms with Crippen LogP contribution in [-0.4, -0.2) is 53.8 Å². The first-order chi connectivity index (χ1) is 7.29. The van der Waals surface area contributed by atoms with Crippen LogP contribution in [0.3, 0.4) is 0 Å². The Hall–Kier alpha value is -0.420. The van der Waals surface area contributed by atoms with Crippen LogP contribution in [0.2, 0.25) is 0 Å². The van der Waals surface area contributed by atoms with Gasteiger partial charge in [0, 0.05) is 13.1 Å². The molecule has 5 heteroatoms. The molecular weight excluding hydrogens is 212 g/mol. The van der Waals surface area contributed by atoms with E-state index in [-0.39, 0.29) is 18.7 Å². The Balaban J connectivity index is 2.21. The van der Waals surface area contributed by atoms with E-state index in [0.717, 1.165) is 38.1 Å². The molecule has 0 spiro atoms. The van der Waals surface area contributed by atoms with Crippen molar-refractivity contribution in [2.75, 3.05) is 31.7 Å². The van der Waals surface area contributed by atoms with Gasteiger partial charge in [0.15, 0.2) is 0 Å². The number of carbonyl (C=O) groups is 1. The van der Waals surface area contributed by atoms with Gasteiger partial charge >= 0.3 is 6.03 Å². The van der Waals surface area contributed by atoms with Gasteiger partial charge in [0.05, 0.1) is 12.6 Å². The average molecular weight is 232 g/mol. The van der Waals surface area contributed by atoms with Crippen molar-refractivity contribution in [3.8, 4) is 0 Å². The Labute approximate surface area is 95.4 Å². The van der Waals surface area contributed by atoms with Crippen LogP contribution in [0.25, 0.3) is 0 Å². The van der Waals surface area contributed by atoms with Gasteiger partial charge in [-0.1, -0.05) is 0 Å². The summed E-state index contributed by atoms with van der Waals surface area (Å²) in [5.74, 6) is 1.07. The number of likely N-dealkylation sites (tertiary alicyclic amines) is 1. The molecule has 1 heterocycles. The SMILES string of the molecule is CSCCCNC(=O)N1CCCC1CO. The maximum absolute atomic E-state index is 11.7. The molecule has 15 heavy (non-hydrogen) atoms. The fourth-order valence-electron chi connectivity index (χ4n) is 1.81. The van der Waals surface area contributed by atoms with Crippen molar-refractivity contribution >= 4 is 17.8 Å². The number of amides is 2. The smallest absolute Gasteiger partial charge is 0.317 e. The molecule has 1 fully saturated rings. The molecule has 2 amide bonds. The van der Waals surface area contributed by atoms with Crippen LogP contribution in [0.1, 0.15) is 19.3 Å². The highest BCUT2D eigenvalue weighted by molar-refractivity contribution is 7.98. The van der Waals surface area contributed by atoms with Crippen LogP contribution in [0.5, 0.6) is 0 Å². The summed E-state index contributed by atoms with van der Waals surface area (Å²) in [4.78, 5) is 13.4. The molecule has 1 unspecified atom stereocenters. The number of aliphatic hydroxyl groups is 1. The van der Waals surface area contributed by atoms with Crippen LogP contribution in [-0.2, 0) is 0 Å². The third-order valence-electron chi connectivity index (χ3n) is 2.65. The molecule has 2 N–H and O–H groups in total. The van der Waals surface area contributed by atoms with Gasteiger partial charge < -0.3 is 15.3 Å². The molecule has 4 nitrogen and oxygen atoms in total. The van der Waals surface area contributed by atoms with Crippen LogP contribution in [0.4, 0.5) is 4.79 Å². The van der Waals surface area contributed by atoms with Gasteiger partial charge in [-0.2, -0.15) is 11.8 Å². The number of thioether (sulfide) groups is 1. The summed E-state index contributed by atoms with van der Waals surface area (Å²) in [5.41, 5.74) is 0. The van der Waals surface area contributed by atoms with Crippen LogP contribution in [0.15, 0.2) is 0 Å². The summed E-state index contributed by atoms with van der Waals surface area (Å²) in [6, 6.07) is 0.0122. The number of hydrogen-bond acceptors (Lipinski definition) is 3. The van der Waals surface area contributed by atoms with E-state index < -0.39 is 0 Å². The van der Waals surface area contributed by atoms with Crippen molar-refractivity contribution in [3.05, 3.63) is 0 Å². The maximum atomic E-state index is 11.7. The number of rotatable bonds is 5. The average Bonchev–Trinajstić information content (AvgIpc) is 2.72. The van der Waals surface area contributed by atoms with Gasteiger partial charge in [0.1, 0.15) is 0 Å². The van der Waals surface area contributed by atoms with E-state index in [1.807, 2.05) is 0 Å². The summed E-state index contributed by atoms with van der Waals surface area (Å²) >= 11 is 1.79. The minimum atomic E-state index is -0.0207. The highest BCUT2D eigenvalue weighted by atomic mass is 32.2. The predicted octanol–water partition coefficient (Wildman–Crippen LogP) is 0.906. The van der Waals surface area contributed by atoms with Crippen molar-refractivity contribution in [3.63, 3.8) is 0 Å². The first kappa shape index (κ1) is 12.6. The van der Waals surface area contributed by atoms with E-state index in [0.29, 0.717) is 0 Å². The fraction of sp³-hybridized carbons (Fsp3) is 0.900. The normalized spacial score (nSPS) is 20.7. The van der Waals surface area contributed by atoms with Gasteiger partial charge in [-0.3, -0.25) is 0 Å². The third kappa shape index (κ3) is 3.91. The maximum Gasteiger partial charge on any atom is 0.317 e. The fourth-order valence-corrected chi connectivity index (χ4v) is 2.24. The topological polar surface area (TPSA) is 52.6 Å². The number of aliphatic hydroxyl groups excluding tert-OH is 1. The highest BCUT2D eigenvalue weighted by Gasteiger charge is 2.27. The lowest BCUT2D eigenvalue weighted by Crippen LogP contribution is -2.44. The highest BCUT2D eigenvalue weighted by Crippen LogP contribution is 2.16. The molecular formula is C10H20N2O2S. The molecule has 0 aromatic carbocycles. The molecule has 0 aromatic rings. The second kappa shape index (κ2) is 6.95. The van der Waals surface area contributed by atoms with Gasteiger partial charge in [-0.25, -0.2) is 4.79 Å². The number of carbonyl (C=O) groups excluding carboxylic acids is 1. The summed E-state index contributed by atoms with van der Waals surface area (Å²) in [6.45, 7) is 1.59. The molecule has 1 aliphatic rings. The summed E-state index contributed by atoms with van der Waals surface area (Å²) in [7, 11) is 0. The van der Waals surface area contributed by atoms with Crippen molar-refractivity contribution in [2.24, 2.45) is 0 Å².